The highest BCUT2D eigenvalue weighted by atomic mass is 16.5. The molecule has 1 atom stereocenters. The van der Waals surface area contributed by atoms with Crippen molar-refractivity contribution in [2.24, 2.45) is 0 Å². The molecule has 1 aromatic rings. The Bertz CT molecular complexity index is 442. The Balaban J connectivity index is 2.24. The Kier molecular flexibility index (Phi) is 3.72. The van der Waals surface area contributed by atoms with Crippen molar-refractivity contribution in [3.63, 3.8) is 0 Å². The van der Waals surface area contributed by atoms with Crippen molar-refractivity contribution in [1.82, 2.24) is 4.90 Å². The molecule has 0 aliphatic carbocycles. The van der Waals surface area contributed by atoms with E-state index in [1.165, 1.54) is 0 Å². The van der Waals surface area contributed by atoms with Crippen LogP contribution in [-0.4, -0.2) is 44.2 Å². The van der Waals surface area contributed by atoms with Crippen molar-refractivity contribution in [3.8, 4) is 5.75 Å². The molecule has 1 aliphatic heterocycles. The average molecular weight is 250 g/mol. The number of hydrogen-bond acceptors (Lipinski definition) is 4. The van der Waals surface area contributed by atoms with Crippen LogP contribution in [0.25, 0.3) is 0 Å². The summed E-state index contributed by atoms with van der Waals surface area (Å²) >= 11 is 0. The van der Waals surface area contributed by atoms with Gasteiger partial charge in [0.15, 0.2) is 0 Å². The highest BCUT2D eigenvalue weighted by Gasteiger charge is 2.26. The van der Waals surface area contributed by atoms with Crippen molar-refractivity contribution in [2.75, 3.05) is 33.1 Å². The number of anilines is 1. The molecule has 1 aliphatic rings. The lowest BCUT2D eigenvalue weighted by atomic mass is 10.1. The summed E-state index contributed by atoms with van der Waals surface area (Å²) in [5.41, 5.74) is 6.77. The van der Waals surface area contributed by atoms with Gasteiger partial charge in [-0.25, -0.2) is 0 Å². The Morgan fingerprint density at radius 1 is 1.56 bits per heavy atom. The zero-order valence-electron chi connectivity index (χ0n) is 10.7. The molecular weight excluding hydrogens is 232 g/mol. The quantitative estimate of drug-likeness (QED) is 0.817. The second-order valence-electron chi connectivity index (χ2n) is 4.39. The Hall–Kier alpha value is -1.75. The summed E-state index contributed by atoms with van der Waals surface area (Å²) in [5, 5.41) is 0. The van der Waals surface area contributed by atoms with Crippen LogP contribution in [0.15, 0.2) is 18.2 Å². The maximum atomic E-state index is 12.4. The molecule has 0 saturated carbocycles. The van der Waals surface area contributed by atoms with E-state index in [-0.39, 0.29) is 11.9 Å². The summed E-state index contributed by atoms with van der Waals surface area (Å²) in [6.07, 6.45) is 0.868. The molecule has 98 valence electrons. The predicted molar refractivity (Wildman–Crippen MR) is 68.7 cm³/mol. The molecular formula is C13H18N2O3. The lowest BCUT2D eigenvalue weighted by molar-refractivity contribution is 0.0708. The normalized spacial score (nSPS) is 18.7. The summed E-state index contributed by atoms with van der Waals surface area (Å²) in [4.78, 5) is 14.1. The summed E-state index contributed by atoms with van der Waals surface area (Å²) < 4.78 is 10.5. The zero-order valence-corrected chi connectivity index (χ0v) is 10.7. The molecule has 1 saturated heterocycles. The maximum absolute atomic E-state index is 12.4. The van der Waals surface area contributed by atoms with E-state index in [1.807, 2.05) is 0 Å². The van der Waals surface area contributed by atoms with Gasteiger partial charge in [0.1, 0.15) is 5.75 Å². The third-order valence-electron chi connectivity index (χ3n) is 3.23. The third kappa shape index (κ3) is 2.41. The first-order valence-corrected chi connectivity index (χ1v) is 5.92. The molecule has 2 N–H and O–H groups in total. The fraction of sp³-hybridized carbons (Fsp3) is 0.462. The SMILES string of the molecule is COc1ccc(N)cc1C(=O)N(C)C1CCOC1. The van der Waals surface area contributed by atoms with Gasteiger partial charge in [-0.15, -0.1) is 0 Å². The first-order valence-electron chi connectivity index (χ1n) is 5.92. The van der Waals surface area contributed by atoms with Crippen molar-refractivity contribution >= 4 is 11.6 Å². The number of likely N-dealkylation sites (N-methyl/N-ethyl adjacent to an activating group) is 1. The van der Waals surface area contributed by atoms with E-state index in [2.05, 4.69) is 0 Å². The molecule has 18 heavy (non-hydrogen) atoms. The van der Waals surface area contributed by atoms with Gasteiger partial charge in [0, 0.05) is 19.3 Å². The van der Waals surface area contributed by atoms with Gasteiger partial charge in [-0.3, -0.25) is 4.79 Å². The molecule has 2 rings (SSSR count). The van der Waals surface area contributed by atoms with Crippen LogP contribution in [-0.2, 0) is 4.74 Å². The first-order chi connectivity index (χ1) is 8.63. The molecule has 5 heteroatoms. The van der Waals surface area contributed by atoms with Gasteiger partial charge in [0.2, 0.25) is 0 Å². The second-order valence-corrected chi connectivity index (χ2v) is 4.39. The van der Waals surface area contributed by atoms with E-state index in [4.69, 9.17) is 15.2 Å². The van der Waals surface area contributed by atoms with E-state index in [1.54, 1.807) is 37.3 Å². The van der Waals surface area contributed by atoms with Crippen molar-refractivity contribution in [3.05, 3.63) is 23.8 Å². The Morgan fingerprint density at radius 2 is 2.33 bits per heavy atom. The number of hydrogen-bond donors (Lipinski definition) is 1. The Labute approximate surface area is 106 Å². The van der Waals surface area contributed by atoms with Crippen LogP contribution in [0, 0.1) is 0 Å². The monoisotopic (exact) mass is 250 g/mol. The minimum Gasteiger partial charge on any atom is -0.496 e. The van der Waals surface area contributed by atoms with Gasteiger partial charge in [-0.05, 0) is 24.6 Å². The molecule has 1 amide bonds. The van der Waals surface area contributed by atoms with E-state index >= 15 is 0 Å². The number of carbonyl (C=O) groups is 1. The van der Waals surface area contributed by atoms with Gasteiger partial charge in [0.05, 0.1) is 25.3 Å². The van der Waals surface area contributed by atoms with Crippen LogP contribution in [0.2, 0.25) is 0 Å². The summed E-state index contributed by atoms with van der Waals surface area (Å²) in [7, 11) is 3.32. The molecule has 0 radical (unpaired) electrons. The Morgan fingerprint density at radius 3 is 2.94 bits per heavy atom. The topological polar surface area (TPSA) is 64.8 Å². The van der Waals surface area contributed by atoms with Crippen LogP contribution in [0.1, 0.15) is 16.8 Å². The fourth-order valence-corrected chi connectivity index (χ4v) is 2.08. The molecule has 5 nitrogen and oxygen atoms in total. The lowest BCUT2D eigenvalue weighted by Gasteiger charge is -2.24. The van der Waals surface area contributed by atoms with Crippen LogP contribution in [0.4, 0.5) is 5.69 Å². The minimum absolute atomic E-state index is 0.0883. The van der Waals surface area contributed by atoms with E-state index < -0.39 is 0 Å². The molecule has 1 aromatic carbocycles. The van der Waals surface area contributed by atoms with Crippen molar-refractivity contribution in [2.45, 2.75) is 12.5 Å². The number of benzene rings is 1. The van der Waals surface area contributed by atoms with Gasteiger partial charge >= 0.3 is 0 Å². The fourth-order valence-electron chi connectivity index (χ4n) is 2.08. The molecule has 1 fully saturated rings. The molecule has 0 spiro atoms. The van der Waals surface area contributed by atoms with Gasteiger partial charge in [-0.1, -0.05) is 0 Å². The maximum Gasteiger partial charge on any atom is 0.257 e. The van der Waals surface area contributed by atoms with Crippen molar-refractivity contribution in [1.29, 1.82) is 0 Å². The summed E-state index contributed by atoms with van der Waals surface area (Å²) in [6, 6.07) is 5.20. The van der Waals surface area contributed by atoms with E-state index in [0.717, 1.165) is 6.42 Å². The van der Waals surface area contributed by atoms with Crippen molar-refractivity contribution < 1.29 is 14.3 Å². The number of amides is 1. The van der Waals surface area contributed by atoms with Gasteiger partial charge in [-0.2, -0.15) is 0 Å². The van der Waals surface area contributed by atoms with Gasteiger partial charge in [0.25, 0.3) is 5.91 Å². The standard InChI is InChI=1S/C13H18N2O3/c1-15(10-5-6-18-8-10)13(16)11-7-9(14)3-4-12(11)17-2/h3-4,7,10H,5-6,8,14H2,1-2H3. The lowest BCUT2D eigenvalue weighted by Crippen LogP contribution is -2.37. The number of carbonyl (C=O) groups excluding carboxylic acids is 1. The largest absolute Gasteiger partial charge is 0.496 e. The number of nitrogen functional groups attached to an aromatic ring is 1. The third-order valence-corrected chi connectivity index (χ3v) is 3.23. The number of nitrogens with two attached hydrogens (primary N) is 1. The minimum atomic E-state index is -0.0883. The summed E-state index contributed by atoms with van der Waals surface area (Å²) in [5.74, 6) is 0.453. The van der Waals surface area contributed by atoms with Crippen LogP contribution < -0.4 is 10.5 Å². The predicted octanol–water partition coefficient (Wildman–Crippen LogP) is 1.14. The highest BCUT2D eigenvalue weighted by molar-refractivity contribution is 5.97. The van der Waals surface area contributed by atoms with Crippen LogP contribution in [0.5, 0.6) is 5.75 Å². The molecule has 1 unspecified atom stereocenters. The zero-order chi connectivity index (χ0) is 13.1. The smallest absolute Gasteiger partial charge is 0.257 e. The number of nitrogens with zero attached hydrogens (tertiary/aromatic N) is 1. The van der Waals surface area contributed by atoms with E-state index in [0.29, 0.717) is 30.2 Å². The molecule has 0 bridgehead atoms. The molecule has 1 heterocycles. The first kappa shape index (κ1) is 12.7. The van der Waals surface area contributed by atoms with Crippen LogP contribution >= 0.6 is 0 Å². The average Bonchev–Trinajstić information content (AvgIpc) is 2.90. The number of methoxy groups -OCH3 is 1. The second kappa shape index (κ2) is 5.27. The number of rotatable bonds is 3. The summed E-state index contributed by atoms with van der Waals surface area (Å²) in [6.45, 7) is 1.29. The molecule has 0 aromatic heterocycles. The van der Waals surface area contributed by atoms with Gasteiger partial charge < -0.3 is 20.1 Å². The number of ether oxygens (including phenoxy) is 2. The van der Waals surface area contributed by atoms with E-state index in [9.17, 15) is 4.79 Å². The highest BCUT2D eigenvalue weighted by Crippen LogP contribution is 2.24. The van der Waals surface area contributed by atoms with Crippen LogP contribution in [0.3, 0.4) is 0 Å².